The highest BCUT2D eigenvalue weighted by molar-refractivity contribution is 5.85. The zero-order chi connectivity index (χ0) is 11.7. The smallest absolute Gasteiger partial charge is 0.328 e. The van der Waals surface area contributed by atoms with E-state index >= 15 is 0 Å². The fraction of sp³-hybridized carbons (Fsp3) is 0.778. The number of amides is 1. The lowest BCUT2D eigenvalue weighted by Crippen LogP contribution is -2.43. The van der Waals surface area contributed by atoms with Gasteiger partial charge in [-0.25, -0.2) is 4.79 Å². The molecule has 1 unspecified atom stereocenters. The number of carbonyl (C=O) groups is 2. The van der Waals surface area contributed by atoms with E-state index in [1.807, 2.05) is 0 Å². The molecular formula is C9H18N2O4. The fourth-order valence-corrected chi connectivity index (χ4v) is 0.904. The minimum Gasteiger partial charge on any atom is -0.467 e. The summed E-state index contributed by atoms with van der Waals surface area (Å²) in [7, 11) is 2.86. The minimum absolute atomic E-state index is 0.157. The van der Waals surface area contributed by atoms with Crippen molar-refractivity contribution in [2.45, 2.75) is 13.0 Å². The Balaban J connectivity index is 3.60. The minimum atomic E-state index is -0.619. The van der Waals surface area contributed by atoms with Gasteiger partial charge in [0.05, 0.1) is 20.3 Å². The van der Waals surface area contributed by atoms with Gasteiger partial charge in [-0.15, -0.1) is 0 Å². The van der Waals surface area contributed by atoms with Crippen molar-refractivity contribution in [2.24, 2.45) is 0 Å². The van der Waals surface area contributed by atoms with E-state index in [-0.39, 0.29) is 12.5 Å². The summed E-state index contributed by atoms with van der Waals surface area (Å²) in [6.45, 7) is 2.86. The number of hydrogen-bond donors (Lipinski definition) is 2. The molecule has 88 valence electrons. The third-order valence-electron chi connectivity index (χ3n) is 1.70. The lowest BCUT2D eigenvalue weighted by Gasteiger charge is -2.11. The molecule has 1 atom stereocenters. The molecule has 0 aromatic carbocycles. The van der Waals surface area contributed by atoms with E-state index in [0.29, 0.717) is 13.2 Å². The second kappa shape index (κ2) is 8.19. The summed E-state index contributed by atoms with van der Waals surface area (Å²) in [5, 5.41) is 5.35. The Morgan fingerprint density at radius 3 is 2.53 bits per heavy atom. The predicted octanol–water partition coefficient (Wildman–Crippen LogP) is -1.10. The molecule has 0 bridgehead atoms. The molecular weight excluding hydrogens is 200 g/mol. The van der Waals surface area contributed by atoms with Crippen molar-refractivity contribution in [3.8, 4) is 0 Å². The molecule has 0 aliphatic carbocycles. The van der Waals surface area contributed by atoms with Gasteiger partial charge < -0.3 is 20.1 Å². The Morgan fingerprint density at radius 1 is 1.33 bits per heavy atom. The summed E-state index contributed by atoms with van der Waals surface area (Å²) < 4.78 is 9.25. The van der Waals surface area contributed by atoms with E-state index in [1.54, 1.807) is 14.0 Å². The summed E-state index contributed by atoms with van der Waals surface area (Å²) in [6.07, 6.45) is 0. The molecule has 0 fully saturated rings. The molecule has 2 N–H and O–H groups in total. The van der Waals surface area contributed by atoms with Crippen LogP contribution in [-0.4, -0.2) is 51.8 Å². The van der Waals surface area contributed by atoms with Crippen molar-refractivity contribution in [1.82, 2.24) is 10.6 Å². The van der Waals surface area contributed by atoms with Crippen molar-refractivity contribution < 1.29 is 19.1 Å². The highest BCUT2D eigenvalue weighted by Gasteiger charge is 2.14. The Hall–Kier alpha value is -1.14. The van der Waals surface area contributed by atoms with Crippen LogP contribution in [0.3, 0.4) is 0 Å². The number of carbonyl (C=O) groups excluding carboxylic acids is 2. The van der Waals surface area contributed by atoms with Gasteiger partial charge in [0.25, 0.3) is 0 Å². The summed E-state index contributed by atoms with van der Waals surface area (Å²) in [6, 6.07) is -0.619. The molecule has 0 aromatic heterocycles. The maximum absolute atomic E-state index is 11.2. The second-order valence-corrected chi connectivity index (χ2v) is 2.98. The van der Waals surface area contributed by atoms with Gasteiger partial charge in [-0.3, -0.25) is 4.79 Å². The van der Waals surface area contributed by atoms with Crippen LogP contribution in [0.15, 0.2) is 0 Å². The zero-order valence-electron chi connectivity index (χ0n) is 9.33. The monoisotopic (exact) mass is 218 g/mol. The first kappa shape index (κ1) is 13.9. The Kier molecular flexibility index (Phi) is 7.57. The van der Waals surface area contributed by atoms with Crippen LogP contribution < -0.4 is 10.6 Å². The Bertz CT molecular complexity index is 208. The fourth-order valence-electron chi connectivity index (χ4n) is 0.904. The van der Waals surface area contributed by atoms with E-state index in [1.165, 1.54) is 7.11 Å². The first-order valence-corrected chi connectivity index (χ1v) is 4.68. The number of ether oxygens (including phenoxy) is 2. The van der Waals surface area contributed by atoms with Gasteiger partial charge in [0.2, 0.25) is 5.91 Å². The third-order valence-corrected chi connectivity index (χ3v) is 1.70. The molecule has 0 heterocycles. The molecule has 0 saturated carbocycles. The van der Waals surface area contributed by atoms with Gasteiger partial charge in [-0.2, -0.15) is 0 Å². The molecule has 0 aromatic rings. The lowest BCUT2D eigenvalue weighted by atomic mass is 10.3. The largest absolute Gasteiger partial charge is 0.467 e. The molecule has 0 spiro atoms. The van der Waals surface area contributed by atoms with E-state index in [9.17, 15) is 9.59 Å². The number of nitrogens with one attached hydrogen (secondary N) is 2. The number of esters is 1. The predicted molar refractivity (Wildman–Crippen MR) is 54.4 cm³/mol. The van der Waals surface area contributed by atoms with Gasteiger partial charge in [0, 0.05) is 13.7 Å². The Labute approximate surface area is 89.3 Å². The summed E-state index contributed by atoms with van der Waals surface area (Å²) in [4.78, 5) is 22.2. The lowest BCUT2D eigenvalue weighted by molar-refractivity contribution is -0.144. The molecule has 0 aliphatic rings. The van der Waals surface area contributed by atoms with Crippen LogP contribution >= 0.6 is 0 Å². The molecule has 6 nitrogen and oxygen atoms in total. The highest BCUT2D eigenvalue weighted by Crippen LogP contribution is 1.84. The van der Waals surface area contributed by atoms with Crippen molar-refractivity contribution in [2.75, 3.05) is 33.9 Å². The summed E-state index contributed by atoms with van der Waals surface area (Å²) in [5.41, 5.74) is 0. The highest BCUT2D eigenvalue weighted by atomic mass is 16.5. The first-order chi connectivity index (χ1) is 7.11. The third kappa shape index (κ3) is 6.87. The number of methoxy groups -OCH3 is 2. The summed E-state index contributed by atoms with van der Waals surface area (Å²) in [5.74, 6) is -0.704. The first-order valence-electron chi connectivity index (χ1n) is 4.68. The quantitative estimate of drug-likeness (QED) is 0.419. The zero-order valence-corrected chi connectivity index (χ0v) is 9.33. The van der Waals surface area contributed by atoms with Gasteiger partial charge in [0.15, 0.2) is 0 Å². The van der Waals surface area contributed by atoms with Crippen LogP contribution in [0.1, 0.15) is 6.92 Å². The van der Waals surface area contributed by atoms with Crippen molar-refractivity contribution in [1.29, 1.82) is 0 Å². The molecule has 1 amide bonds. The molecule has 15 heavy (non-hydrogen) atoms. The summed E-state index contributed by atoms with van der Waals surface area (Å²) >= 11 is 0. The van der Waals surface area contributed by atoms with E-state index in [0.717, 1.165) is 0 Å². The SMILES string of the molecule is COCCNCC(=O)NC(C)C(=O)OC. The van der Waals surface area contributed by atoms with Gasteiger partial charge in [0.1, 0.15) is 6.04 Å². The average molecular weight is 218 g/mol. The van der Waals surface area contributed by atoms with Crippen molar-refractivity contribution in [3.05, 3.63) is 0 Å². The normalized spacial score (nSPS) is 11.9. The van der Waals surface area contributed by atoms with Crippen LogP contribution in [0.2, 0.25) is 0 Å². The van der Waals surface area contributed by atoms with E-state index < -0.39 is 12.0 Å². The standard InChI is InChI=1S/C9H18N2O4/c1-7(9(13)15-3)11-8(12)6-10-4-5-14-2/h7,10H,4-6H2,1-3H3,(H,11,12). The number of rotatable bonds is 7. The van der Waals surface area contributed by atoms with Crippen LogP contribution in [0.5, 0.6) is 0 Å². The number of hydrogen-bond acceptors (Lipinski definition) is 5. The van der Waals surface area contributed by atoms with Crippen LogP contribution in [-0.2, 0) is 19.1 Å². The maximum Gasteiger partial charge on any atom is 0.328 e. The maximum atomic E-state index is 11.2. The average Bonchev–Trinajstić information content (AvgIpc) is 2.23. The molecule has 0 radical (unpaired) electrons. The van der Waals surface area contributed by atoms with Crippen molar-refractivity contribution in [3.63, 3.8) is 0 Å². The van der Waals surface area contributed by atoms with E-state index in [2.05, 4.69) is 15.4 Å². The molecule has 0 aliphatic heterocycles. The van der Waals surface area contributed by atoms with Gasteiger partial charge in [-0.05, 0) is 6.92 Å². The van der Waals surface area contributed by atoms with Crippen molar-refractivity contribution >= 4 is 11.9 Å². The molecule has 6 heteroatoms. The topological polar surface area (TPSA) is 76.7 Å². The van der Waals surface area contributed by atoms with Gasteiger partial charge in [-0.1, -0.05) is 0 Å². The Morgan fingerprint density at radius 2 is 2.00 bits per heavy atom. The van der Waals surface area contributed by atoms with Gasteiger partial charge >= 0.3 is 5.97 Å². The van der Waals surface area contributed by atoms with Crippen LogP contribution in [0.25, 0.3) is 0 Å². The van der Waals surface area contributed by atoms with Crippen LogP contribution in [0, 0.1) is 0 Å². The molecule has 0 rings (SSSR count). The molecule has 0 saturated heterocycles. The van der Waals surface area contributed by atoms with E-state index in [4.69, 9.17) is 4.74 Å². The van der Waals surface area contributed by atoms with Crippen LogP contribution in [0.4, 0.5) is 0 Å². The second-order valence-electron chi connectivity index (χ2n) is 2.98.